The first-order chi connectivity index (χ1) is 15.0. The van der Waals surface area contributed by atoms with E-state index in [1.54, 1.807) is 12.1 Å². The normalized spacial score (nSPS) is 14.7. The van der Waals surface area contributed by atoms with Crippen molar-refractivity contribution < 1.29 is 14.5 Å². The Morgan fingerprint density at radius 3 is 2.55 bits per heavy atom. The fourth-order valence-corrected chi connectivity index (χ4v) is 3.84. The Bertz CT molecular complexity index is 1130. The SMILES string of the molecule is O=C(CCC(=O)N1CC[NH+](Cc2ccc(Cl)cc2)CC1)Nc1ccc2[nH]c(=O)[nH]c2n1. The summed E-state index contributed by atoms with van der Waals surface area (Å²) in [5.41, 5.74) is 1.81. The van der Waals surface area contributed by atoms with E-state index in [9.17, 15) is 14.4 Å². The van der Waals surface area contributed by atoms with Gasteiger partial charge in [0.1, 0.15) is 12.4 Å². The van der Waals surface area contributed by atoms with Crippen LogP contribution in [0.15, 0.2) is 41.2 Å². The highest BCUT2D eigenvalue weighted by Crippen LogP contribution is 2.11. The number of nitrogens with one attached hydrogen (secondary N) is 4. The number of hydrogen-bond donors (Lipinski definition) is 4. The number of fused-ring (bicyclic) bond motifs is 1. The van der Waals surface area contributed by atoms with Gasteiger partial charge in [0, 0.05) is 23.4 Å². The van der Waals surface area contributed by atoms with Gasteiger partial charge in [-0.05, 0) is 24.3 Å². The summed E-state index contributed by atoms with van der Waals surface area (Å²) in [6, 6.07) is 11.1. The van der Waals surface area contributed by atoms with Gasteiger partial charge in [-0.25, -0.2) is 9.78 Å². The van der Waals surface area contributed by atoms with Crippen molar-refractivity contribution in [2.45, 2.75) is 19.4 Å². The highest BCUT2D eigenvalue weighted by molar-refractivity contribution is 6.30. The average Bonchev–Trinajstić information content (AvgIpc) is 3.13. The lowest BCUT2D eigenvalue weighted by Gasteiger charge is -2.32. The summed E-state index contributed by atoms with van der Waals surface area (Å²) in [6.45, 7) is 4.02. The molecule has 0 atom stereocenters. The van der Waals surface area contributed by atoms with Crippen LogP contribution in [0.2, 0.25) is 5.02 Å². The highest BCUT2D eigenvalue weighted by atomic mass is 35.5. The number of benzene rings is 1. The molecule has 0 aliphatic carbocycles. The first-order valence-electron chi connectivity index (χ1n) is 10.2. The van der Waals surface area contributed by atoms with Gasteiger partial charge in [-0.1, -0.05) is 23.7 Å². The molecule has 1 aliphatic heterocycles. The topological polar surface area (TPSA) is 115 Å². The second-order valence-corrected chi connectivity index (χ2v) is 8.09. The summed E-state index contributed by atoms with van der Waals surface area (Å²) in [4.78, 5) is 48.6. The van der Waals surface area contributed by atoms with Crippen LogP contribution in [-0.4, -0.2) is 57.8 Å². The summed E-state index contributed by atoms with van der Waals surface area (Å²) in [5.74, 6) is 0.0313. The van der Waals surface area contributed by atoms with Crippen LogP contribution in [0.4, 0.5) is 5.82 Å². The molecule has 4 rings (SSSR count). The molecular formula is C21H24ClN6O3+. The van der Waals surface area contributed by atoms with Crippen molar-refractivity contribution in [1.82, 2.24) is 19.9 Å². The average molecular weight is 444 g/mol. The Morgan fingerprint density at radius 2 is 1.81 bits per heavy atom. The molecule has 31 heavy (non-hydrogen) atoms. The number of quaternary nitrogens is 1. The van der Waals surface area contributed by atoms with Crippen LogP contribution >= 0.6 is 11.6 Å². The van der Waals surface area contributed by atoms with E-state index in [4.69, 9.17) is 11.6 Å². The Hall–Kier alpha value is -3.17. The van der Waals surface area contributed by atoms with Crippen molar-refractivity contribution in [1.29, 1.82) is 0 Å². The number of carbonyl (C=O) groups is 2. The zero-order valence-corrected chi connectivity index (χ0v) is 17.7. The molecule has 1 saturated heterocycles. The zero-order valence-electron chi connectivity index (χ0n) is 16.9. The Labute approximate surface area is 183 Å². The standard InChI is InChI=1S/C21H23ClN6O3/c22-15-3-1-14(2-4-15)13-27-9-11-28(12-10-27)19(30)8-7-18(29)24-17-6-5-16-20(25-17)26-21(31)23-16/h1-6H,7-13H2,(H3,23,24,25,26,29,31)/p+1. The number of hydrogen-bond acceptors (Lipinski definition) is 4. The van der Waals surface area contributed by atoms with Gasteiger partial charge >= 0.3 is 5.69 Å². The largest absolute Gasteiger partial charge is 0.331 e. The second-order valence-electron chi connectivity index (χ2n) is 7.65. The number of pyridine rings is 1. The molecule has 0 spiro atoms. The number of aromatic amines is 2. The number of carbonyl (C=O) groups excluding carboxylic acids is 2. The maximum absolute atomic E-state index is 12.5. The summed E-state index contributed by atoms with van der Waals surface area (Å²) in [7, 11) is 0. The number of rotatable bonds is 6. The molecule has 3 aromatic rings. The quantitative estimate of drug-likeness (QED) is 0.445. The maximum Gasteiger partial charge on any atom is 0.325 e. The van der Waals surface area contributed by atoms with E-state index < -0.39 is 0 Å². The van der Waals surface area contributed by atoms with Gasteiger partial charge in [-0.3, -0.25) is 14.6 Å². The van der Waals surface area contributed by atoms with Crippen LogP contribution in [0.3, 0.4) is 0 Å². The third-order valence-corrected chi connectivity index (χ3v) is 5.65. The Morgan fingerprint density at radius 1 is 1.06 bits per heavy atom. The van der Waals surface area contributed by atoms with Crippen molar-refractivity contribution >= 4 is 40.4 Å². The van der Waals surface area contributed by atoms with Gasteiger partial charge in [-0.15, -0.1) is 0 Å². The Kier molecular flexibility index (Phi) is 6.34. The summed E-state index contributed by atoms with van der Waals surface area (Å²) in [6.07, 6.45) is 0.238. The lowest BCUT2D eigenvalue weighted by molar-refractivity contribution is -0.917. The van der Waals surface area contributed by atoms with Gasteiger partial charge in [0.25, 0.3) is 0 Å². The summed E-state index contributed by atoms with van der Waals surface area (Å²) < 4.78 is 0. The van der Waals surface area contributed by atoms with E-state index in [1.807, 2.05) is 29.2 Å². The van der Waals surface area contributed by atoms with E-state index in [2.05, 4.69) is 20.3 Å². The van der Waals surface area contributed by atoms with Gasteiger partial charge in [0.15, 0.2) is 5.65 Å². The summed E-state index contributed by atoms with van der Waals surface area (Å²) in [5, 5.41) is 3.40. The zero-order chi connectivity index (χ0) is 21.8. The smallest absolute Gasteiger partial charge is 0.325 e. The molecule has 2 amide bonds. The first kappa shape index (κ1) is 21.1. The molecule has 162 valence electrons. The van der Waals surface area contributed by atoms with Gasteiger partial charge in [0.2, 0.25) is 11.8 Å². The van der Waals surface area contributed by atoms with Crippen LogP contribution in [-0.2, 0) is 16.1 Å². The van der Waals surface area contributed by atoms with Crippen LogP contribution in [0.5, 0.6) is 0 Å². The predicted molar refractivity (Wildman–Crippen MR) is 117 cm³/mol. The third-order valence-electron chi connectivity index (χ3n) is 5.40. The first-order valence-corrected chi connectivity index (χ1v) is 10.6. The minimum absolute atomic E-state index is 0.0148. The molecule has 2 aromatic heterocycles. The minimum atomic E-state index is -0.355. The van der Waals surface area contributed by atoms with Gasteiger partial charge in [0.05, 0.1) is 31.7 Å². The van der Waals surface area contributed by atoms with Crippen LogP contribution in [0.25, 0.3) is 11.2 Å². The van der Waals surface area contributed by atoms with E-state index in [0.29, 0.717) is 30.1 Å². The number of halogens is 1. The fourth-order valence-electron chi connectivity index (χ4n) is 3.71. The molecule has 3 heterocycles. The Balaban J connectivity index is 1.21. The van der Waals surface area contributed by atoms with E-state index in [1.165, 1.54) is 10.5 Å². The van der Waals surface area contributed by atoms with E-state index in [0.717, 1.165) is 24.7 Å². The third kappa shape index (κ3) is 5.50. The molecule has 0 saturated carbocycles. The number of nitrogens with zero attached hydrogens (tertiary/aromatic N) is 2. The number of anilines is 1. The van der Waals surface area contributed by atoms with Crippen molar-refractivity contribution in [3.8, 4) is 0 Å². The van der Waals surface area contributed by atoms with Crippen molar-refractivity contribution in [2.24, 2.45) is 0 Å². The maximum atomic E-state index is 12.5. The van der Waals surface area contributed by atoms with E-state index >= 15 is 0 Å². The molecule has 1 fully saturated rings. The van der Waals surface area contributed by atoms with Crippen LogP contribution < -0.4 is 15.9 Å². The van der Waals surface area contributed by atoms with Gasteiger partial charge < -0.3 is 20.1 Å². The lowest BCUT2D eigenvalue weighted by Crippen LogP contribution is -3.13. The lowest BCUT2D eigenvalue weighted by atomic mass is 10.2. The molecule has 9 nitrogen and oxygen atoms in total. The molecular weight excluding hydrogens is 420 g/mol. The number of aromatic nitrogens is 3. The monoisotopic (exact) mass is 443 g/mol. The summed E-state index contributed by atoms with van der Waals surface area (Å²) >= 11 is 5.93. The van der Waals surface area contributed by atoms with Crippen molar-refractivity contribution in [3.05, 3.63) is 57.5 Å². The van der Waals surface area contributed by atoms with Gasteiger partial charge in [-0.2, -0.15) is 0 Å². The van der Waals surface area contributed by atoms with Crippen LogP contribution in [0, 0.1) is 0 Å². The molecule has 0 radical (unpaired) electrons. The molecule has 1 aliphatic rings. The molecule has 0 unspecified atom stereocenters. The number of piperazine rings is 1. The van der Waals surface area contributed by atoms with Crippen LogP contribution in [0.1, 0.15) is 18.4 Å². The second kappa shape index (κ2) is 9.32. The number of H-pyrrole nitrogens is 2. The molecule has 10 heteroatoms. The van der Waals surface area contributed by atoms with Crippen molar-refractivity contribution in [2.75, 3.05) is 31.5 Å². The minimum Gasteiger partial charge on any atom is -0.331 e. The molecule has 1 aromatic carbocycles. The number of imidazole rings is 1. The highest BCUT2D eigenvalue weighted by Gasteiger charge is 2.24. The van der Waals surface area contributed by atoms with E-state index in [-0.39, 0.29) is 30.3 Å². The molecule has 4 N–H and O–H groups in total. The predicted octanol–water partition coefficient (Wildman–Crippen LogP) is 0.551. The fraction of sp³-hybridized carbons (Fsp3) is 0.333. The number of amides is 2. The van der Waals surface area contributed by atoms with Crippen molar-refractivity contribution in [3.63, 3.8) is 0 Å². The molecule has 0 bridgehead atoms.